The summed E-state index contributed by atoms with van der Waals surface area (Å²) in [5, 5.41) is 12.0. The molecule has 1 rings (SSSR count). The number of likely N-dealkylation sites (N-methyl/N-ethyl adjacent to an activating group) is 1. The van der Waals surface area contributed by atoms with Crippen molar-refractivity contribution in [3.05, 3.63) is 34.9 Å². The lowest BCUT2D eigenvalue weighted by molar-refractivity contribution is -0.137. The molecule has 1 aromatic rings. The van der Waals surface area contributed by atoms with E-state index in [1.165, 1.54) is 0 Å². The molecule has 0 heterocycles. The molecule has 5 nitrogen and oxygen atoms in total. The zero-order valence-corrected chi connectivity index (χ0v) is 12.2. The van der Waals surface area contributed by atoms with E-state index in [0.717, 1.165) is 12.0 Å². The van der Waals surface area contributed by atoms with E-state index in [2.05, 4.69) is 5.32 Å². The van der Waals surface area contributed by atoms with Crippen LogP contribution in [0.5, 0.6) is 0 Å². The fourth-order valence-corrected chi connectivity index (χ4v) is 1.79. The van der Waals surface area contributed by atoms with Crippen LogP contribution in [0.15, 0.2) is 24.3 Å². The first-order chi connectivity index (χ1) is 9.47. The van der Waals surface area contributed by atoms with Crippen molar-refractivity contribution in [1.82, 2.24) is 10.2 Å². The topological polar surface area (TPSA) is 69.6 Å². The predicted molar refractivity (Wildman–Crippen MR) is 77.9 cm³/mol. The molecule has 0 aromatic heterocycles. The number of aliphatic carboxylic acids is 1. The Bertz CT molecular complexity index is 448. The lowest BCUT2D eigenvalue weighted by Crippen LogP contribution is -2.36. The van der Waals surface area contributed by atoms with Gasteiger partial charge in [-0.1, -0.05) is 23.7 Å². The SMILES string of the molecule is CN(CCC(=O)O)CC(=O)NCCc1ccc(Cl)cc1. The maximum absolute atomic E-state index is 11.6. The quantitative estimate of drug-likeness (QED) is 0.761. The third kappa shape index (κ3) is 7.11. The Morgan fingerprint density at radius 3 is 2.55 bits per heavy atom. The first-order valence-corrected chi connectivity index (χ1v) is 6.76. The Morgan fingerprint density at radius 2 is 1.95 bits per heavy atom. The van der Waals surface area contributed by atoms with E-state index in [-0.39, 0.29) is 18.9 Å². The first kappa shape index (κ1) is 16.5. The second kappa shape index (κ2) is 8.55. The smallest absolute Gasteiger partial charge is 0.304 e. The van der Waals surface area contributed by atoms with Crippen molar-refractivity contribution >= 4 is 23.5 Å². The van der Waals surface area contributed by atoms with Crippen molar-refractivity contribution in [3.63, 3.8) is 0 Å². The predicted octanol–water partition coefficient (Wildman–Crippen LogP) is 1.41. The van der Waals surface area contributed by atoms with Crippen LogP contribution in [0.3, 0.4) is 0 Å². The summed E-state index contributed by atoms with van der Waals surface area (Å²) in [6, 6.07) is 7.48. The molecule has 110 valence electrons. The molecular weight excluding hydrogens is 280 g/mol. The maximum Gasteiger partial charge on any atom is 0.304 e. The summed E-state index contributed by atoms with van der Waals surface area (Å²) < 4.78 is 0. The van der Waals surface area contributed by atoms with Crippen molar-refractivity contribution in [3.8, 4) is 0 Å². The van der Waals surface area contributed by atoms with Crippen LogP contribution in [0, 0.1) is 0 Å². The molecule has 0 saturated heterocycles. The molecule has 0 saturated carbocycles. The Hall–Kier alpha value is -1.59. The van der Waals surface area contributed by atoms with Gasteiger partial charge in [-0.15, -0.1) is 0 Å². The summed E-state index contributed by atoms with van der Waals surface area (Å²) in [6.45, 7) is 1.11. The lowest BCUT2D eigenvalue weighted by atomic mass is 10.1. The zero-order valence-electron chi connectivity index (χ0n) is 11.4. The van der Waals surface area contributed by atoms with Gasteiger partial charge in [-0.3, -0.25) is 14.5 Å². The maximum atomic E-state index is 11.6. The molecule has 0 unspecified atom stereocenters. The Morgan fingerprint density at radius 1 is 1.30 bits per heavy atom. The molecule has 6 heteroatoms. The van der Waals surface area contributed by atoms with Crippen LogP contribution >= 0.6 is 11.6 Å². The molecular formula is C14H19ClN2O3. The summed E-state index contributed by atoms with van der Waals surface area (Å²) in [5.41, 5.74) is 1.11. The number of carboxylic acids is 1. The van der Waals surface area contributed by atoms with E-state index in [9.17, 15) is 9.59 Å². The van der Waals surface area contributed by atoms with Gasteiger partial charge in [0.25, 0.3) is 0 Å². The van der Waals surface area contributed by atoms with Gasteiger partial charge in [-0.25, -0.2) is 0 Å². The number of rotatable bonds is 8. The molecule has 1 amide bonds. The van der Waals surface area contributed by atoms with Crippen molar-refractivity contribution in [2.75, 3.05) is 26.7 Å². The van der Waals surface area contributed by atoms with Crippen molar-refractivity contribution in [2.45, 2.75) is 12.8 Å². The van der Waals surface area contributed by atoms with Gasteiger partial charge in [0, 0.05) is 18.1 Å². The van der Waals surface area contributed by atoms with Gasteiger partial charge in [-0.2, -0.15) is 0 Å². The number of amides is 1. The molecule has 0 aliphatic carbocycles. The first-order valence-electron chi connectivity index (χ1n) is 6.39. The van der Waals surface area contributed by atoms with E-state index in [4.69, 9.17) is 16.7 Å². The van der Waals surface area contributed by atoms with Gasteiger partial charge in [0.05, 0.1) is 13.0 Å². The highest BCUT2D eigenvalue weighted by molar-refractivity contribution is 6.30. The minimum Gasteiger partial charge on any atom is -0.481 e. The summed E-state index contributed by atoms with van der Waals surface area (Å²) in [7, 11) is 1.72. The number of benzene rings is 1. The summed E-state index contributed by atoms with van der Waals surface area (Å²) >= 11 is 5.79. The van der Waals surface area contributed by atoms with Gasteiger partial charge >= 0.3 is 5.97 Å². The second-order valence-electron chi connectivity index (χ2n) is 4.61. The normalized spacial score (nSPS) is 10.6. The fraction of sp³-hybridized carbons (Fsp3) is 0.429. The average molecular weight is 299 g/mol. The van der Waals surface area contributed by atoms with Crippen molar-refractivity contribution in [2.24, 2.45) is 0 Å². The highest BCUT2D eigenvalue weighted by Gasteiger charge is 2.07. The molecule has 1 aromatic carbocycles. The number of carbonyl (C=O) groups is 2. The number of carbonyl (C=O) groups excluding carboxylic acids is 1. The molecule has 20 heavy (non-hydrogen) atoms. The average Bonchev–Trinajstić information content (AvgIpc) is 2.38. The minimum absolute atomic E-state index is 0.0363. The standard InChI is InChI=1S/C14H19ClN2O3/c1-17(9-7-14(19)20)10-13(18)16-8-6-11-2-4-12(15)5-3-11/h2-5H,6-10H2,1H3,(H,16,18)(H,19,20). The van der Waals surface area contributed by atoms with Crippen LogP contribution in [0.4, 0.5) is 0 Å². The number of hydrogen-bond donors (Lipinski definition) is 2. The Balaban J connectivity index is 2.19. The van der Waals surface area contributed by atoms with Gasteiger partial charge in [-0.05, 0) is 31.2 Å². The number of halogens is 1. The zero-order chi connectivity index (χ0) is 15.0. The number of nitrogens with zero attached hydrogens (tertiary/aromatic N) is 1. The summed E-state index contributed by atoms with van der Waals surface area (Å²) in [6.07, 6.45) is 0.774. The van der Waals surface area contributed by atoms with Crippen LogP contribution in [0.1, 0.15) is 12.0 Å². The molecule has 2 N–H and O–H groups in total. The molecule has 0 atom stereocenters. The molecule has 0 radical (unpaired) electrons. The summed E-state index contributed by atoms with van der Waals surface area (Å²) in [4.78, 5) is 23.7. The third-order valence-corrected chi connectivity index (χ3v) is 3.02. The highest BCUT2D eigenvalue weighted by atomic mass is 35.5. The van der Waals surface area contributed by atoms with E-state index in [1.807, 2.05) is 24.3 Å². The summed E-state index contributed by atoms with van der Waals surface area (Å²) in [5.74, 6) is -0.966. The van der Waals surface area contributed by atoms with Gasteiger partial charge in [0.15, 0.2) is 0 Å². The van der Waals surface area contributed by atoms with E-state index < -0.39 is 5.97 Å². The van der Waals surface area contributed by atoms with Crippen molar-refractivity contribution < 1.29 is 14.7 Å². The van der Waals surface area contributed by atoms with E-state index in [0.29, 0.717) is 18.1 Å². The number of carboxylic acid groups (broad SMARTS) is 1. The van der Waals surface area contributed by atoms with Crippen molar-refractivity contribution in [1.29, 1.82) is 0 Å². The molecule has 0 aliphatic heterocycles. The monoisotopic (exact) mass is 298 g/mol. The van der Waals surface area contributed by atoms with Gasteiger partial charge in [0.2, 0.25) is 5.91 Å². The third-order valence-electron chi connectivity index (χ3n) is 2.77. The van der Waals surface area contributed by atoms with Crippen LogP contribution < -0.4 is 5.32 Å². The van der Waals surface area contributed by atoms with E-state index in [1.54, 1.807) is 11.9 Å². The molecule has 0 fully saturated rings. The molecule has 0 bridgehead atoms. The fourth-order valence-electron chi connectivity index (χ4n) is 1.66. The molecule has 0 spiro atoms. The number of nitrogens with one attached hydrogen (secondary N) is 1. The lowest BCUT2D eigenvalue weighted by Gasteiger charge is -2.14. The van der Waals surface area contributed by atoms with Crippen LogP contribution in [0.25, 0.3) is 0 Å². The van der Waals surface area contributed by atoms with Gasteiger partial charge in [0.1, 0.15) is 0 Å². The van der Waals surface area contributed by atoms with E-state index >= 15 is 0 Å². The second-order valence-corrected chi connectivity index (χ2v) is 5.04. The largest absolute Gasteiger partial charge is 0.481 e. The van der Waals surface area contributed by atoms with Crippen LogP contribution in [-0.2, 0) is 16.0 Å². The highest BCUT2D eigenvalue weighted by Crippen LogP contribution is 2.09. The number of hydrogen-bond acceptors (Lipinski definition) is 3. The molecule has 0 aliphatic rings. The van der Waals surface area contributed by atoms with Crippen LogP contribution in [-0.4, -0.2) is 48.6 Å². The van der Waals surface area contributed by atoms with Gasteiger partial charge < -0.3 is 10.4 Å². The minimum atomic E-state index is -0.861. The van der Waals surface area contributed by atoms with Crippen LogP contribution in [0.2, 0.25) is 5.02 Å². The Labute approximate surface area is 123 Å². The Kier molecular flexibility index (Phi) is 7.04.